The van der Waals surface area contributed by atoms with Crippen LogP contribution in [-0.2, 0) is 16.1 Å². The van der Waals surface area contributed by atoms with Crippen LogP contribution in [0.4, 0.5) is 13.2 Å². The third-order valence-corrected chi connectivity index (χ3v) is 3.58. The Hall–Kier alpha value is -2.96. The Kier molecular flexibility index (Phi) is 4.65. The molecule has 0 unspecified atom stereocenters. The summed E-state index contributed by atoms with van der Waals surface area (Å²) in [5.74, 6) is -0.678. The summed E-state index contributed by atoms with van der Waals surface area (Å²) in [5, 5.41) is 3.12. The van der Waals surface area contributed by atoms with E-state index in [0.717, 1.165) is 11.1 Å². The molecule has 0 spiro atoms. The number of cyclic esters (lactones) is 1. The highest BCUT2D eigenvalue weighted by molar-refractivity contribution is 6.19. The van der Waals surface area contributed by atoms with Crippen molar-refractivity contribution < 1.29 is 27.4 Å². The summed E-state index contributed by atoms with van der Waals surface area (Å²) >= 11 is 0. The van der Waals surface area contributed by atoms with Gasteiger partial charge in [-0.05, 0) is 23.3 Å². The first kappa shape index (κ1) is 16.9. The first-order valence-electron chi connectivity index (χ1n) is 7.46. The molecule has 25 heavy (non-hydrogen) atoms. The maximum absolute atomic E-state index is 12.1. The zero-order valence-electron chi connectivity index (χ0n) is 13.0. The number of rotatable bonds is 5. The second-order valence-corrected chi connectivity index (χ2v) is 5.34. The number of hydrogen-bond acceptors (Lipinski definition) is 4. The maximum atomic E-state index is 12.1. The molecule has 1 heterocycles. The molecule has 2 aromatic carbocycles. The molecule has 1 aliphatic rings. The minimum absolute atomic E-state index is 0.137. The van der Waals surface area contributed by atoms with Crippen LogP contribution in [0.5, 0.6) is 5.75 Å². The van der Waals surface area contributed by atoms with E-state index in [2.05, 4.69) is 10.1 Å². The SMILES string of the molecule is O=C1OCC(NCc2ccc(OC(F)(F)F)cc2)=C1c1ccccc1. The Morgan fingerprint density at radius 1 is 1.04 bits per heavy atom. The molecule has 1 aliphatic heterocycles. The van der Waals surface area contributed by atoms with Crippen LogP contribution in [-0.4, -0.2) is 18.9 Å². The fourth-order valence-corrected chi connectivity index (χ4v) is 2.46. The number of esters is 1. The molecule has 0 amide bonds. The highest BCUT2D eigenvalue weighted by atomic mass is 19.4. The smallest absolute Gasteiger partial charge is 0.456 e. The van der Waals surface area contributed by atoms with E-state index in [9.17, 15) is 18.0 Å². The highest BCUT2D eigenvalue weighted by Crippen LogP contribution is 2.25. The zero-order valence-corrected chi connectivity index (χ0v) is 13.0. The van der Waals surface area contributed by atoms with Crippen molar-refractivity contribution in [3.63, 3.8) is 0 Å². The highest BCUT2D eigenvalue weighted by Gasteiger charge is 2.31. The molecule has 7 heteroatoms. The second-order valence-electron chi connectivity index (χ2n) is 5.34. The number of halogens is 3. The second kappa shape index (κ2) is 6.88. The van der Waals surface area contributed by atoms with E-state index in [1.54, 1.807) is 0 Å². The van der Waals surface area contributed by atoms with Gasteiger partial charge in [-0.15, -0.1) is 13.2 Å². The van der Waals surface area contributed by atoms with Gasteiger partial charge in [0.2, 0.25) is 0 Å². The molecule has 2 aromatic rings. The third-order valence-electron chi connectivity index (χ3n) is 3.58. The summed E-state index contributed by atoms with van der Waals surface area (Å²) in [6.45, 7) is 0.479. The van der Waals surface area contributed by atoms with E-state index in [1.165, 1.54) is 24.3 Å². The Labute approximate surface area is 141 Å². The molecule has 0 radical (unpaired) electrons. The Morgan fingerprint density at radius 3 is 2.36 bits per heavy atom. The Bertz CT molecular complexity index is 783. The molecule has 1 N–H and O–H groups in total. The lowest BCUT2D eigenvalue weighted by molar-refractivity contribution is -0.274. The average Bonchev–Trinajstić information content (AvgIpc) is 2.94. The quantitative estimate of drug-likeness (QED) is 0.838. The van der Waals surface area contributed by atoms with Crippen LogP contribution < -0.4 is 10.1 Å². The van der Waals surface area contributed by atoms with Gasteiger partial charge < -0.3 is 14.8 Å². The van der Waals surface area contributed by atoms with Crippen molar-refractivity contribution in [1.29, 1.82) is 0 Å². The summed E-state index contributed by atoms with van der Waals surface area (Å²) in [4.78, 5) is 11.9. The van der Waals surface area contributed by atoms with Crippen LogP contribution in [0.15, 0.2) is 60.3 Å². The van der Waals surface area contributed by atoms with Crippen LogP contribution in [0, 0.1) is 0 Å². The average molecular weight is 349 g/mol. The van der Waals surface area contributed by atoms with Gasteiger partial charge in [0.05, 0.1) is 11.3 Å². The Morgan fingerprint density at radius 2 is 1.72 bits per heavy atom. The maximum Gasteiger partial charge on any atom is 0.573 e. The van der Waals surface area contributed by atoms with E-state index in [-0.39, 0.29) is 12.4 Å². The molecule has 4 nitrogen and oxygen atoms in total. The van der Waals surface area contributed by atoms with Gasteiger partial charge in [0.15, 0.2) is 0 Å². The molecule has 3 rings (SSSR count). The van der Waals surface area contributed by atoms with E-state index in [0.29, 0.717) is 17.8 Å². The number of ether oxygens (including phenoxy) is 2. The van der Waals surface area contributed by atoms with Crippen molar-refractivity contribution in [2.75, 3.05) is 6.61 Å². The van der Waals surface area contributed by atoms with Crippen molar-refractivity contribution in [1.82, 2.24) is 5.32 Å². The minimum Gasteiger partial charge on any atom is -0.456 e. The van der Waals surface area contributed by atoms with Crippen LogP contribution >= 0.6 is 0 Å². The fourth-order valence-electron chi connectivity index (χ4n) is 2.46. The summed E-state index contributed by atoms with van der Waals surface area (Å²) < 4.78 is 45.3. The number of carbonyl (C=O) groups is 1. The van der Waals surface area contributed by atoms with Gasteiger partial charge in [0, 0.05) is 6.54 Å². The molecule has 0 aliphatic carbocycles. The van der Waals surface area contributed by atoms with Crippen molar-refractivity contribution >= 4 is 11.5 Å². The van der Waals surface area contributed by atoms with Gasteiger partial charge in [0.1, 0.15) is 12.4 Å². The van der Waals surface area contributed by atoms with Gasteiger partial charge in [-0.3, -0.25) is 0 Å². The number of hydrogen-bond donors (Lipinski definition) is 1. The van der Waals surface area contributed by atoms with Gasteiger partial charge in [-0.1, -0.05) is 42.5 Å². The number of carbonyl (C=O) groups excluding carboxylic acids is 1. The van der Waals surface area contributed by atoms with Gasteiger partial charge in [-0.25, -0.2) is 4.79 Å². The molecule has 0 saturated heterocycles. The summed E-state index contributed by atoms with van der Waals surface area (Å²) in [6.07, 6.45) is -4.71. The first-order valence-corrected chi connectivity index (χ1v) is 7.46. The van der Waals surface area contributed by atoms with E-state index in [4.69, 9.17) is 4.74 Å². The number of alkyl halides is 3. The van der Waals surface area contributed by atoms with Crippen molar-refractivity contribution in [3.8, 4) is 5.75 Å². The van der Waals surface area contributed by atoms with Crippen molar-refractivity contribution in [3.05, 3.63) is 71.4 Å². The fraction of sp³-hybridized carbons (Fsp3) is 0.167. The predicted molar refractivity (Wildman–Crippen MR) is 84.3 cm³/mol. The van der Waals surface area contributed by atoms with E-state index < -0.39 is 12.3 Å². The first-order chi connectivity index (χ1) is 11.9. The number of nitrogens with one attached hydrogen (secondary N) is 1. The van der Waals surface area contributed by atoms with E-state index >= 15 is 0 Å². The number of benzene rings is 2. The normalized spacial score (nSPS) is 14.4. The molecule has 0 fully saturated rings. The van der Waals surface area contributed by atoms with Crippen LogP contribution in [0.25, 0.3) is 5.57 Å². The molecular formula is C18H14F3NO3. The van der Waals surface area contributed by atoms with E-state index in [1.807, 2.05) is 30.3 Å². The van der Waals surface area contributed by atoms with Crippen LogP contribution in [0.3, 0.4) is 0 Å². The molecule has 0 atom stereocenters. The molecule has 130 valence electrons. The third kappa shape index (κ3) is 4.32. The topological polar surface area (TPSA) is 47.6 Å². The van der Waals surface area contributed by atoms with Gasteiger partial charge in [-0.2, -0.15) is 0 Å². The van der Waals surface area contributed by atoms with Gasteiger partial charge in [0.25, 0.3) is 0 Å². The van der Waals surface area contributed by atoms with Gasteiger partial charge >= 0.3 is 12.3 Å². The minimum atomic E-state index is -4.71. The molecule has 0 bridgehead atoms. The standard InChI is InChI=1S/C18H14F3NO3/c19-18(20,21)25-14-8-6-12(7-9-14)10-22-15-11-24-17(23)16(15)13-4-2-1-3-5-13/h1-9,22H,10-11H2. The summed E-state index contributed by atoms with van der Waals surface area (Å²) in [5.41, 5.74) is 2.61. The largest absolute Gasteiger partial charge is 0.573 e. The lowest BCUT2D eigenvalue weighted by Crippen LogP contribution is -2.17. The zero-order chi connectivity index (χ0) is 17.9. The molecule has 0 aromatic heterocycles. The lowest BCUT2D eigenvalue weighted by atomic mass is 10.1. The lowest BCUT2D eigenvalue weighted by Gasteiger charge is -2.11. The summed E-state index contributed by atoms with van der Waals surface area (Å²) in [7, 11) is 0. The van der Waals surface area contributed by atoms with Crippen LogP contribution in [0.1, 0.15) is 11.1 Å². The molecule has 0 saturated carbocycles. The van der Waals surface area contributed by atoms with Crippen molar-refractivity contribution in [2.45, 2.75) is 12.9 Å². The molecular weight excluding hydrogens is 335 g/mol. The van der Waals surface area contributed by atoms with Crippen molar-refractivity contribution in [2.24, 2.45) is 0 Å². The Balaban J connectivity index is 1.70. The summed E-state index contributed by atoms with van der Waals surface area (Å²) in [6, 6.07) is 14.7. The predicted octanol–water partition coefficient (Wildman–Crippen LogP) is 3.64. The van der Waals surface area contributed by atoms with Crippen LogP contribution in [0.2, 0.25) is 0 Å². The monoisotopic (exact) mass is 349 g/mol.